The lowest BCUT2D eigenvalue weighted by Crippen LogP contribution is -2.21. The first-order valence-corrected chi connectivity index (χ1v) is 5.09. The molecule has 3 heteroatoms. The summed E-state index contributed by atoms with van der Waals surface area (Å²) in [5.41, 5.74) is 2.47. The van der Waals surface area contributed by atoms with Gasteiger partial charge in [-0.05, 0) is 18.2 Å². The van der Waals surface area contributed by atoms with Crippen molar-refractivity contribution in [3.63, 3.8) is 0 Å². The maximum absolute atomic E-state index is 2.23. The molecule has 0 aliphatic carbocycles. The number of hydrogen-bond acceptors (Lipinski definition) is 3. The van der Waals surface area contributed by atoms with Crippen molar-refractivity contribution in [1.82, 2.24) is 4.90 Å². The molecule has 0 saturated carbocycles. The topological polar surface area (TPSA) is 9.72 Å². The van der Waals surface area contributed by atoms with E-state index in [0.29, 0.717) is 0 Å². The van der Waals surface area contributed by atoms with Crippen molar-refractivity contribution in [2.75, 3.05) is 37.6 Å². The normalized spacial score (nSPS) is 14.9. The first kappa shape index (κ1) is 9.90. The van der Waals surface area contributed by atoms with Crippen LogP contribution in [0.25, 0.3) is 0 Å². The molecule has 1 aliphatic rings. The van der Waals surface area contributed by atoms with Crippen LogP contribution in [0, 0.1) is 0 Å². The predicted octanol–water partition coefficient (Wildman–Crippen LogP) is 1.93. The first-order valence-electron chi connectivity index (χ1n) is 5.09. The Morgan fingerprint density at radius 1 is 1.20 bits per heavy atom. The average molecular weight is 203 g/mol. The third-order valence-corrected chi connectivity index (χ3v) is 2.55. The van der Waals surface area contributed by atoms with Gasteiger partial charge in [-0.25, -0.2) is 0 Å². The summed E-state index contributed by atoms with van der Waals surface area (Å²) in [4.78, 5) is 6.50. The van der Waals surface area contributed by atoms with E-state index in [1.54, 1.807) is 0 Å². The van der Waals surface area contributed by atoms with Crippen LogP contribution >= 0.6 is 0 Å². The molecule has 0 radical (unpaired) electrons. The lowest BCUT2D eigenvalue weighted by Gasteiger charge is -2.20. The SMILES string of the molecule is CN1C=CN(c2cccc(N(C)C)c2)C1. The van der Waals surface area contributed by atoms with Crippen LogP contribution in [-0.2, 0) is 0 Å². The number of hydrogen-bond donors (Lipinski definition) is 0. The fourth-order valence-corrected chi connectivity index (χ4v) is 1.65. The number of anilines is 2. The van der Waals surface area contributed by atoms with Gasteiger partial charge >= 0.3 is 0 Å². The van der Waals surface area contributed by atoms with Gasteiger partial charge in [-0.1, -0.05) is 6.07 Å². The molecule has 1 heterocycles. The highest BCUT2D eigenvalue weighted by atomic mass is 15.3. The second kappa shape index (κ2) is 3.85. The van der Waals surface area contributed by atoms with Gasteiger partial charge in [0.05, 0.1) is 6.67 Å². The van der Waals surface area contributed by atoms with Gasteiger partial charge in [0.2, 0.25) is 0 Å². The van der Waals surface area contributed by atoms with Crippen LogP contribution < -0.4 is 9.80 Å². The Balaban J connectivity index is 2.22. The molecule has 0 spiro atoms. The maximum Gasteiger partial charge on any atom is 0.0938 e. The Labute approximate surface area is 91.2 Å². The highest BCUT2D eigenvalue weighted by molar-refractivity contribution is 5.60. The molecule has 1 aromatic rings. The van der Waals surface area contributed by atoms with Crippen LogP contribution in [0.5, 0.6) is 0 Å². The number of benzene rings is 1. The summed E-state index contributed by atoms with van der Waals surface area (Å²) < 4.78 is 0. The second-order valence-electron chi connectivity index (χ2n) is 4.08. The Morgan fingerprint density at radius 2 is 2.00 bits per heavy atom. The Kier molecular flexibility index (Phi) is 2.54. The van der Waals surface area contributed by atoms with Crippen LogP contribution in [0.2, 0.25) is 0 Å². The average Bonchev–Trinajstić information content (AvgIpc) is 2.65. The molecule has 0 bridgehead atoms. The molecule has 0 amide bonds. The molecule has 3 nitrogen and oxygen atoms in total. The second-order valence-corrected chi connectivity index (χ2v) is 4.08. The quantitative estimate of drug-likeness (QED) is 0.727. The fraction of sp³-hybridized carbons (Fsp3) is 0.333. The zero-order valence-electron chi connectivity index (χ0n) is 9.51. The summed E-state index contributed by atoms with van der Waals surface area (Å²) in [7, 11) is 6.20. The van der Waals surface area contributed by atoms with Gasteiger partial charge in [-0.15, -0.1) is 0 Å². The summed E-state index contributed by atoms with van der Waals surface area (Å²) in [6, 6.07) is 8.55. The zero-order chi connectivity index (χ0) is 10.8. The van der Waals surface area contributed by atoms with E-state index in [9.17, 15) is 0 Å². The molecule has 0 unspecified atom stereocenters. The fourth-order valence-electron chi connectivity index (χ4n) is 1.65. The van der Waals surface area contributed by atoms with Crippen LogP contribution in [0.1, 0.15) is 0 Å². The Morgan fingerprint density at radius 3 is 2.60 bits per heavy atom. The molecule has 0 fully saturated rings. The maximum atomic E-state index is 2.23. The van der Waals surface area contributed by atoms with Crippen LogP contribution in [0.3, 0.4) is 0 Å². The number of nitrogens with zero attached hydrogens (tertiary/aromatic N) is 3. The molecule has 1 aliphatic heterocycles. The van der Waals surface area contributed by atoms with Gasteiger partial charge in [0.25, 0.3) is 0 Å². The van der Waals surface area contributed by atoms with Crippen molar-refractivity contribution in [3.8, 4) is 0 Å². The molecule has 0 atom stereocenters. The molecule has 2 rings (SSSR count). The van der Waals surface area contributed by atoms with E-state index in [4.69, 9.17) is 0 Å². The van der Waals surface area contributed by atoms with Crippen LogP contribution in [-0.4, -0.2) is 32.7 Å². The highest BCUT2D eigenvalue weighted by Crippen LogP contribution is 2.23. The van der Waals surface area contributed by atoms with Crippen molar-refractivity contribution in [2.24, 2.45) is 0 Å². The summed E-state index contributed by atoms with van der Waals surface area (Å²) in [5.74, 6) is 0. The molecular weight excluding hydrogens is 186 g/mol. The smallest absolute Gasteiger partial charge is 0.0938 e. The van der Waals surface area contributed by atoms with Gasteiger partial charge in [-0.2, -0.15) is 0 Å². The molecule has 80 valence electrons. The van der Waals surface area contributed by atoms with E-state index < -0.39 is 0 Å². The van der Waals surface area contributed by atoms with E-state index >= 15 is 0 Å². The Bertz CT molecular complexity index is 371. The van der Waals surface area contributed by atoms with E-state index in [1.165, 1.54) is 11.4 Å². The Hall–Kier alpha value is -1.64. The molecule has 0 aromatic heterocycles. The van der Waals surface area contributed by atoms with E-state index in [1.807, 2.05) is 0 Å². The van der Waals surface area contributed by atoms with Gasteiger partial charge in [0, 0.05) is 44.9 Å². The van der Waals surface area contributed by atoms with E-state index in [-0.39, 0.29) is 0 Å². The summed E-state index contributed by atoms with van der Waals surface area (Å²) in [6.45, 7) is 0.927. The largest absolute Gasteiger partial charge is 0.378 e. The monoisotopic (exact) mass is 203 g/mol. The van der Waals surface area contributed by atoms with E-state index in [2.05, 4.69) is 72.5 Å². The summed E-state index contributed by atoms with van der Waals surface area (Å²) in [6.07, 6.45) is 4.19. The van der Waals surface area contributed by atoms with Crippen molar-refractivity contribution < 1.29 is 0 Å². The van der Waals surface area contributed by atoms with E-state index in [0.717, 1.165) is 6.67 Å². The number of rotatable bonds is 2. The third-order valence-electron chi connectivity index (χ3n) is 2.55. The highest BCUT2D eigenvalue weighted by Gasteiger charge is 2.10. The summed E-state index contributed by atoms with van der Waals surface area (Å²) >= 11 is 0. The lowest BCUT2D eigenvalue weighted by molar-refractivity contribution is 0.496. The molecule has 0 N–H and O–H groups in total. The summed E-state index contributed by atoms with van der Waals surface area (Å²) in [5, 5.41) is 0. The van der Waals surface area contributed by atoms with Gasteiger partial charge in [-0.3, -0.25) is 0 Å². The first-order chi connectivity index (χ1) is 7.16. The third kappa shape index (κ3) is 2.06. The van der Waals surface area contributed by atoms with Gasteiger partial charge in [0.1, 0.15) is 0 Å². The van der Waals surface area contributed by atoms with Crippen molar-refractivity contribution in [3.05, 3.63) is 36.7 Å². The minimum absolute atomic E-state index is 0.927. The molecule has 1 aromatic carbocycles. The lowest BCUT2D eigenvalue weighted by atomic mass is 10.2. The van der Waals surface area contributed by atoms with Crippen LogP contribution in [0.4, 0.5) is 11.4 Å². The van der Waals surface area contributed by atoms with Crippen LogP contribution in [0.15, 0.2) is 36.7 Å². The molecule has 15 heavy (non-hydrogen) atoms. The zero-order valence-corrected chi connectivity index (χ0v) is 9.51. The van der Waals surface area contributed by atoms with Gasteiger partial charge < -0.3 is 14.7 Å². The van der Waals surface area contributed by atoms with Gasteiger partial charge in [0.15, 0.2) is 0 Å². The van der Waals surface area contributed by atoms with Crippen molar-refractivity contribution in [2.45, 2.75) is 0 Å². The molecule has 0 saturated heterocycles. The van der Waals surface area contributed by atoms with Crippen molar-refractivity contribution in [1.29, 1.82) is 0 Å². The minimum Gasteiger partial charge on any atom is -0.378 e. The minimum atomic E-state index is 0.927. The predicted molar refractivity (Wildman–Crippen MR) is 65.0 cm³/mol. The van der Waals surface area contributed by atoms with Crippen molar-refractivity contribution >= 4 is 11.4 Å². The molecular formula is C12H17N3. The standard InChI is InChI=1S/C12H17N3/c1-13(2)11-5-4-6-12(9-11)15-8-7-14(3)10-15/h4-9H,10H2,1-3H3.